The SMILES string of the molecule is O=C(OC(COCc1ccccc1)c1ccccc1)c1cccc(Cl)c1. The molecule has 26 heavy (non-hydrogen) atoms. The highest BCUT2D eigenvalue weighted by molar-refractivity contribution is 6.30. The Labute approximate surface area is 158 Å². The van der Waals surface area contributed by atoms with Gasteiger partial charge in [-0.15, -0.1) is 0 Å². The number of carbonyl (C=O) groups is 1. The lowest BCUT2D eigenvalue weighted by Crippen LogP contribution is -2.17. The molecule has 3 nitrogen and oxygen atoms in total. The second-order valence-electron chi connectivity index (χ2n) is 5.82. The highest BCUT2D eigenvalue weighted by Gasteiger charge is 2.18. The summed E-state index contributed by atoms with van der Waals surface area (Å²) in [5.74, 6) is -0.426. The minimum absolute atomic E-state index is 0.269. The number of esters is 1. The maximum Gasteiger partial charge on any atom is 0.338 e. The summed E-state index contributed by atoms with van der Waals surface area (Å²) >= 11 is 5.96. The monoisotopic (exact) mass is 366 g/mol. The molecule has 0 aliphatic heterocycles. The summed E-state index contributed by atoms with van der Waals surface area (Å²) in [6.45, 7) is 0.726. The first-order valence-electron chi connectivity index (χ1n) is 8.35. The Morgan fingerprint density at radius 3 is 2.27 bits per heavy atom. The Kier molecular flexibility index (Phi) is 6.42. The first-order valence-corrected chi connectivity index (χ1v) is 8.73. The number of carbonyl (C=O) groups excluding carboxylic acids is 1. The molecule has 3 aromatic rings. The number of rotatable bonds is 7. The number of halogens is 1. The van der Waals surface area contributed by atoms with E-state index in [0.717, 1.165) is 11.1 Å². The summed E-state index contributed by atoms with van der Waals surface area (Å²) in [6.07, 6.45) is -0.494. The van der Waals surface area contributed by atoms with Crippen LogP contribution in [0.2, 0.25) is 5.02 Å². The van der Waals surface area contributed by atoms with Gasteiger partial charge in [-0.05, 0) is 29.3 Å². The zero-order valence-corrected chi connectivity index (χ0v) is 14.9. The van der Waals surface area contributed by atoms with Gasteiger partial charge in [-0.1, -0.05) is 78.3 Å². The first kappa shape index (κ1) is 18.2. The van der Waals surface area contributed by atoms with E-state index in [0.29, 0.717) is 17.2 Å². The van der Waals surface area contributed by atoms with Crippen molar-refractivity contribution >= 4 is 17.6 Å². The van der Waals surface area contributed by atoms with Gasteiger partial charge in [0.05, 0.1) is 18.8 Å². The van der Waals surface area contributed by atoms with Crippen molar-refractivity contribution in [2.45, 2.75) is 12.7 Å². The Balaban J connectivity index is 1.68. The third-order valence-corrected chi connectivity index (χ3v) is 4.10. The van der Waals surface area contributed by atoms with Crippen molar-refractivity contribution in [2.24, 2.45) is 0 Å². The van der Waals surface area contributed by atoms with Crippen LogP contribution in [0, 0.1) is 0 Å². The highest BCUT2D eigenvalue weighted by atomic mass is 35.5. The molecule has 0 aliphatic rings. The smallest absolute Gasteiger partial charge is 0.338 e. The summed E-state index contributed by atoms with van der Waals surface area (Å²) in [5, 5.41) is 0.496. The predicted octanol–water partition coefficient (Wildman–Crippen LogP) is 5.45. The van der Waals surface area contributed by atoms with Crippen LogP contribution < -0.4 is 0 Å². The molecule has 0 amide bonds. The molecule has 132 valence electrons. The normalized spacial score (nSPS) is 11.7. The average molecular weight is 367 g/mol. The van der Waals surface area contributed by atoms with Crippen molar-refractivity contribution in [1.29, 1.82) is 0 Å². The van der Waals surface area contributed by atoms with Crippen LogP contribution in [-0.2, 0) is 16.1 Å². The van der Waals surface area contributed by atoms with E-state index in [4.69, 9.17) is 21.1 Å². The molecular formula is C22H19ClO3. The third kappa shape index (κ3) is 5.19. The predicted molar refractivity (Wildman–Crippen MR) is 102 cm³/mol. The van der Waals surface area contributed by atoms with Gasteiger partial charge >= 0.3 is 5.97 Å². The highest BCUT2D eigenvalue weighted by Crippen LogP contribution is 2.21. The van der Waals surface area contributed by atoms with Crippen molar-refractivity contribution in [1.82, 2.24) is 0 Å². The van der Waals surface area contributed by atoms with Gasteiger partial charge in [-0.3, -0.25) is 0 Å². The molecule has 0 aliphatic carbocycles. The quantitative estimate of drug-likeness (QED) is 0.521. The molecule has 0 aromatic heterocycles. The number of hydrogen-bond acceptors (Lipinski definition) is 3. The minimum atomic E-state index is -0.494. The molecule has 3 rings (SSSR count). The molecule has 0 bridgehead atoms. The molecule has 1 unspecified atom stereocenters. The Morgan fingerprint density at radius 1 is 0.885 bits per heavy atom. The van der Waals surface area contributed by atoms with Gasteiger partial charge in [-0.2, -0.15) is 0 Å². The van der Waals surface area contributed by atoms with E-state index in [1.54, 1.807) is 24.3 Å². The summed E-state index contributed by atoms with van der Waals surface area (Å²) in [6, 6.07) is 26.2. The Bertz CT molecular complexity index is 834. The molecule has 0 N–H and O–H groups in total. The van der Waals surface area contributed by atoms with Gasteiger partial charge < -0.3 is 9.47 Å². The Hall–Kier alpha value is -2.62. The molecule has 0 fully saturated rings. The second-order valence-corrected chi connectivity index (χ2v) is 6.25. The molecule has 1 atom stereocenters. The zero-order valence-electron chi connectivity index (χ0n) is 14.2. The van der Waals surface area contributed by atoms with E-state index in [2.05, 4.69) is 0 Å². The summed E-state index contributed by atoms with van der Waals surface area (Å²) < 4.78 is 11.5. The number of hydrogen-bond donors (Lipinski definition) is 0. The lowest BCUT2D eigenvalue weighted by molar-refractivity contribution is -0.00925. The van der Waals surface area contributed by atoms with Gasteiger partial charge in [0.1, 0.15) is 0 Å². The molecule has 0 radical (unpaired) electrons. The van der Waals surface area contributed by atoms with E-state index in [1.807, 2.05) is 60.7 Å². The van der Waals surface area contributed by atoms with Crippen molar-refractivity contribution in [3.05, 3.63) is 107 Å². The molecule has 0 saturated heterocycles. The maximum atomic E-state index is 12.5. The van der Waals surface area contributed by atoms with Crippen LogP contribution in [-0.4, -0.2) is 12.6 Å². The fourth-order valence-corrected chi connectivity index (χ4v) is 2.73. The molecule has 0 heterocycles. The lowest BCUT2D eigenvalue weighted by Gasteiger charge is -2.19. The van der Waals surface area contributed by atoms with Crippen LogP contribution in [0.1, 0.15) is 27.6 Å². The fourth-order valence-electron chi connectivity index (χ4n) is 2.54. The van der Waals surface area contributed by atoms with Gasteiger partial charge in [-0.25, -0.2) is 4.79 Å². The third-order valence-electron chi connectivity index (χ3n) is 3.86. The van der Waals surface area contributed by atoms with Crippen molar-refractivity contribution < 1.29 is 14.3 Å². The average Bonchev–Trinajstić information content (AvgIpc) is 2.68. The van der Waals surface area contributed by atoms with Gasteiger partial charge in [0, 0.05) is 5.02 Å². The topological polar surface area (TPSA) is 35.5 Å². The lowest BCUT2D eigenvalue weighted by atomic mass is 10.1. The standard InChI is InChI=1S/C22H19ClO3/c23-20-13-7-12-19(14-20)22(24)26-21(18-10-5-2-6-11-18)16-25-15-17-8-3-1-4-9-17/h1-14,21H,15-16H2. The molecule has 0 saturated carbocycles. The van der Waals surface area contributed by atoms with Crippen LogP contribution >= 0.6 is 11.6 Å². The van der Waals surface area contributed by atoms with Crippen molar-refractivity contribution in [2.75, 3.05) is 6.61 Å². The largest absolute Gasteiger partial charge is 0.451 e. The summed E-state index contributed by atoms with van der Waals surface area (Å²) in [4.78, 5) is 12.5. The Morgan fingerprint density at radius 2 is 1.58 bits per heavy atom. The first-order chi connectivity index (χ1) is 12.7. The number of ether oxygens (including phenoxy) is 2. The van der Waals surface area contributed by atoms with Gasteiger partial charge in [0.25, 0.3) is 0 Å². The summed E-state index contributed by atoms with van der Waals surface area (Å²) in [7, 11) is 0. The molecule has 3 aromatic carbocycles. The van der Waals surface area contributed by atoms with Crippen LogP contribution in [0.25, 0.3) is 0 Å². The zero-order chi connectivity index (χ0) is 18.2. The van der Waals surface area contributed by atoms with E-state index < -0.39 is 12.1 Å². The van der Waals surface area contributed by atoms with Crippen molar-refractivity contribution in [3.8, 4) is 0 Å². The van der Waals surface area contributed by atoms with Gasteiger partial charge in [0.2, 0.25) is 0 Å². The fraction of sp³-hybridized carbons (Fsp3) is 0.136. The molecular weight excluding hydrogens is 348 g/mol. The van der Waals surface area contributed by atoms with Crippen LogP contribution in [0.3, 0.4) is 0 Å². The van der Waals surface area contributed by atoms with E-state index in [-0.39, 0.29) is 6.61 Å². The van der Waals surface area contributed by atoms with Crippen molar-refractivity contribution in [3.63, 3.8) is 0 Å². The second kappa shape index (κ2) is 9.18. The van der Waals surface area contributed by atoms with Crippen LogP contribution in [0.5, 0.6) is 0 Å². The maximum absolute atomic E-state index is 12.5. The van der Waals surface area contributed by atoms with Crippen LogP contribution in [0.15, 0.2) is 84.9 Å². The molecule has 0 spiro atoms. The van der Waals surface area contributed by atoms with Crippen LogP contribution in [0.4, 0.5) is 0 Å². The van der Waals surface area contributed by atoms with E-state index in [9.17, 15) is 4.79 Å². The molecule has 4 heteroatoms. The number of benzene rings is 3. The van der Waals surface area contributed by atoms with E-state index >= 15 is 0 Å². The van der Waals surface area contributed by atoms with Gasteiger partial charge in [0.15, 0.2) is 6.10 Å². The van der Waals surface area contributed by atoms with E-state index in [1.165, 1.54) is 0 Å². The minimum Gasteiger partial charge on any atom is -0.451 e. The summed E-state index contributed by atoms with van der Waals surface area (Å²) in [5.41, 5.74) is 2.37.